The number of aryl methyl sites for hydroxylation is 2. The molecule has 1 N–H and O–H groups in total. The van der Waals surface area contributed by atoms with E-state index in [0.29, 0.717) is 18.8 Å². The average Bonchev–Trinajstić information content (AvgIpc) is 2.62. The van der Waals surface area contributed by atoms with Crippen molar-refractivity contribution in [2.45, 2.75) is 20.8 Å². The number of hydrogen-bond donors (Lipinski definition) is 1. The molecule has 1 aliphatic heterocycles. The van der Waals surface area contributed by atoms with Gasteiger partial charge in [0.1, 0.15) is 23.2 Å². The first-order chi connectivity index (χ1) is 12.1. The summed E-state index contributed by atoms with van der Waals surface area (Å²) in [5.41, 5.74) is 1.20. The van der Waals surface area contributed by atoms with Crippen molar-refractivity contribution in [2.75, 3.05) is 42.9 Å². The van der Waals surface area contributed by atoms with Crippen LogP contribution in [0.1, 0.15) is 28.9 Å². The Morgan fingerprint density at radius 1 is 1.12 bits per heavy atom. The average molecular weight is 341 g/mol. The number of nitrogens with zero attached hydrogens (tertiary/aromatic N) is 6. The highest BCUT2D eigenvalue weighted by atomic mass is 16.2. The largest absolute Gasteiger partial charge is 0.370 e. The summed E-state index contributed by atoms with van der Waals surface area (Å²) in [6.45, 7) is 9.32. The first-order valence-electron chi connectivity index (χ1n) is 8.49. The van der Waals surface area contributed by atoms with Crippen LogP contribution in [0.25, 0.3) is 0 Å². The fourth-order valence-electron chi connectivity index (χ4n) is 2.79. The van der Waals surface area contributed by atoms with Crippen molar-refractivity contribution in [3.8, 4) is 0 Å². The Hall–Kier alpha value is -2.77. The lowest BCUT2D eigenvalue weighted by molar-refractivity contribution is 0.0740. The van der Waals surface area contributed by atoms with Crippen LogP contribution >= 0.6 is 0 Å². The summed E-state index contributed by atoms with van der Waals surface area (Å²) < 4.78 is 0. The highest BCUT2D eigenvalue weighted by Crippen LogP contribution is 2.18. The van der Waals surface area contributed by atoms with Crippen LogP contribution in [0.4, 0.5) is 11.6 Å². The number of carbonyl (C=O) groups excluding carboxylic acids is 1. The fourth-order valence-corrected chi connectivity index (χ4v) is 2.79. The quantitative estimate of drug-likeness (QED) is 0.896. The Kier molecular flexibility index (Phi) is 5.06. The molecule has 1 aliphatic rings. The van der Waals surface area contributed by atoms with E-state index < -0.39 is 0 Å². The summed E-state index contributed by atoms with van der Waals surface area (Å²) in [6.07, 6.45) is 3.16. The van der Waals surface area contributed by atoms with Gasteiger partial charge in [0.05, 0.1) is 11.9 Å². The van der Waals surface area contributed by atoms with Crippen molar-refractivity contribution in [2.24, 2.45) is 0 Å². The topological polar surface area (TPSA) is 87.1 Å². The molecule has 3 rings (SSSR count). The number of anilines is 2. The Labute approximate surface area is 147 Å². The normalized spacial score (nSPS) is 14.5. The smallest absolute Gasteiger partial charge is 0.274 e. The number of amides is 1. The molecule has 0 atom stereocenters. The molecule has 0 aliphatic carbocycles. The van der Waals surface area contributed by atoms with Crippen molar-refractivity contribution in [3.63, 3.8) is 0 Å². The molecular formula is C17H23N7O. The van der Waals surface area contributed by atoms with Crippen molar-refractivity contribution in [1.82, 2.24) is 24.8 Å². The Morgan fingerprint density at radius 2 is 1.88 bits per heavy atom. The zero-order chi connectivity index (χ0) is 17.8. The lowest BCUT2D eigenvalue weighted by Crippen LogP contribution is -2.49. The molecule has 8 nitrogen and oxygen atoms in total. The minimum Gasteiger partial charge on any atom is -0.370 e. The third-order valence-electron chi connectivity index (χ3n) is 4.07. The number of nitrogens with one attached hydrogen (secondary N) is 1. The molecule has 25 heavy (non-hydrogen) atoms. The predicted octanol–water partition coefficient (Wildman–Crippen LogP) is 1.28. The van der Waals surface area contributed by atoms with Crippen molar-refractivity contribution in [3.05, 3.63) is 35.7 Å². The van der Waals surface area contributed by atoms with Crippen LogP contribution in [0, 0.1) is 13.8 Å². The van der Waals surface area contributed by atoms with Gasteiger partial charge in [-0.25, -0.2) is 15.0 Å². The molecule has 2 aromatic heterocycles. The second kappa shape index (κ2) is 7.42. The van der Waals surface area contributed by atoms with Gasteiger partial charge < -0.3 is 15.1 Å². The molecule has 0 aromatic carbocycles. The van der Waals surface area contributed by atoms with Crippen molar-refractivity contribution < 1.29 is 4.79 Å². The zero-order valence-corrected chi connectivity index (χ0v) is 14.9. The molecule has 0 unspecified atom stereocenters. The van der Waals surface area contributed by atoms with Crippen LogP contribution in [-0.4, -0.2) is 63.5 Å². The van der Waals surface area contributed by atoms with E-state index in [1.165, 1.54) is 0 Å². The molecule has 0 saturated carbocycles. The van der Waals surface area contributed by atoms with Gasteiger partial charge in [0.25, 0.3) is 5.91 Å². The lowest BCUT2D eigenvalue weighted by Gasteiger charge is -2.35. The molecule has 0 bridgehead atoms. The van der Waals surface area contributed by atoms with Gasteiger partial charge in [0, 0.05) is 45.0 Å². The third-order valence-corrected chi connectivity index (χ3v) is 4.07. The van der Waals surface area contributed by atoms with Gasteiger partial charge in [-0.15, -0.1) is 0 Å². The van der Waals surface area contributed by atoms with Crippen molar-refractivity contribution >= 4 is 17.5 Å². The zero-order valence-electron chi connectivity index (χ0n) is 14.9. The fraction of sp³-hybridized carbons (Fsp3) is 0.471. The van der Waals surface area contributed by atoms with E-state index in [0.717, 1.165) is 42.8 Å². The standard InChI is InChI=1S/C17H23N7O/c1-4-18-15-9-16(22-13(3)21-15)23-5-7-24(8-6-23)17(25)14-11-19-12(2)10-20-14/h9-11H,4-8H2,1-3H3,(H,18,21,22). The van der Waals surface area contributed by atoms with Crippen molar-refractivity contribution in [1.29, 1.82) is 0 Å². The molecule has 132 valence electrons. The summed E-state index contributed by atoms with van der Waals surface area (Å²) in [5.74, 6) is 2.39. The van der Waals surface area contributed by atoms with Crippen LogP contribution in [-0.2, 0) is 0 Å². The van der Waals surface area contributed by atoms with E-state index in [1.807, 2.05) is 31.7 Å². The maximum atomic E-state index is 12.5. The number of hydrogen-bond acceptors (Lipinski definition) is 7. The van der Waals surface area contributed by atoms with Gasteiger partial charge in [0.2, 0.25) is 0 Å². The van der Waals surface area contributed by atoms with Gasteiger partial charge >= 0.3 is 0 Å². The second-order valence-electron chi connectivity index (χ2n) is 6.01. The van der Waals surface area contributed by atoms with Crippen LogP contribution in [0.15, 0.2) is 18.5 Å². The molecule has 8 heteroatoms. The molecule has 3 heterocycles. The van der Waals surface area contributed by atoms with Gasteiger partial charge in [-0.3, -0.25) is 9.78 Å². The van der Waals surface area contributed by atoms with E-state index in [9.17, 15) is 4.79 Å². The molecule has 0 radical (unpaired) electrons. The summed E-state index contributed by atoms with van der Waals surface area (Å²) >= 11 is 0. The summed E-state index contributed by atoms with van der Waals surface area (Å²) in [7, 11) is 0. The Bertz CT molecular complexity index is 739. The number of carbonyl (C=O) groups is 1. The molecule has 1 saturated heterocycles. The lowest BCUT2D eigenvalue weighted by atomic mass is 10.2. The summed E-state index contributed by atoms with van der Waals surface area (Å²) in [5, 5.41) is 3.22. The maximum Gasteiger partial charge on any atom is 0.274 e. The van der Waals surface area contributed by atoms with Gasteiger partial charge in [-0.1, -0.05) is 0 Å². The third kappa shape index (κ3) is 4.01. The van der Waals surface area contributed by atoms with E-state index in [-0.39, 0.29) is 5.91 Å². The number of aromatic nitrogens is 4. The van der Waals surface area contributed by atoms with Gasteiger partial charge in [0.15, 0.2) is 0 Å². The minimum atomic E-state index is -0.0700. The highest BCUT2D eigenvalue weighted by molar-refractivity contribution is 5.92. The minimum absolute atomic E-state index is 0.0700. The number of rotatable bonds is 4. The molecule has 2 aromatic rings. The first kappa shape index (κ1) is 17.1. The summed E-state index contributed by atoms with van der Waals surface area (Å²) in [6, 6.07) is 1.96. The van der Waals surface area contributed by atoms with Crippen LogP contribution in [0.3, 0.4) is 0 Å². The summed E-state index contributed by atoms with van der Waals surface area (Å²) in [4.78, 5) is 33.7. The van der Waals surface area contributed by atoms with Gasteiger partial charge in [-0.2, -0.15) is 0 Å². The van der Waals surface area contributed by atoms with Gasteiger partial charge in [-0.05, 0) is 20.8 Å². The van der Waals surface area contributed by atoms with Crippen LogP contribution in [0.2, 0.25) is 0 Å². The van der Waals surface area contributed by atoms with Crippen LogP contribution < -0.4 is 10.2 Å². The molecule has 0 spiro atoms. The Morgan fingerprint density at radius 3 is 2.52 bits per heavy atom. The maximum absolute atomic E-state index is 12.5. The van der Waals surface area contributed by atoms with E-state index in [2.05, 4.69) is 30.2 Å². The monoisotopic (exact) mass is 341 g/mol. The molecule has 1 fully saturated rings. The Balaban J connectivity index is 1.65. The first-order valence-corrected chi connectivity index (χ1v) is 8.49. The predicted molar refractivity (Wildman–Crippen MR) is 95.8 cm³/mol. The molecule has 1 amide bonds. The van der Waals surface area contributed by atoms with E-state index >= 15 is 0 Å². The SMILES string of the molecule is CCNc1cc(N2CCN(C(=O)c3cnc(C)cn3)CC2)nc(C)n1. The molecular weight excluding hydrogens is 318 g/mol. The highest BCUT2D eigenvalue weighted by Gasteiger charge is 2.24. The van der Waals surface area contributed by atoms with E-state index in [4.69, 9.17) is 0 Å². The number of piperazine rings is 1. The van der Waals surface area contributed by atoms with Crippen LogP contribution in [0.5, 0.6) is 0 Å². The van der Waals surface area contributed by atoms with E-state index in [1.54, 1.807) is 12.4 Å². The second-order valence-corrected chi connectivity index (χ2v) is 6.01.